The molecule has 0 aliphatic heterocycles. The predicted molar refractivity (Wildman–Crippen MR) is 193 cm³/mol. The maximum absolute atomic E-state index is 13.2. The van der Waals surface area contributed by atoms with Crippen LogP contribution in [0.2, 0.25) is 0 Å². The summed E-state index contributed by atoms with van der Waals surface area (Å²) < 4.78 is 44.9. The number of halogens is 3. The topological polar surface area (TPSA) is 26.3 Å². The lowest BCUT2D eigenvalue weighted by Gasteiger charge is -2.29. The highest BCUT2D eigenvalue weighted by Crippen LogP contribution is 2.34. The van der Waals surface area contributed by atoms with Crippen LogP contribution in [-0.4, -0.2) is 11.9 Å². The highest BCUT2D eigenvalue weighted by atomic mass is 19.4. The molecule has 0 heterocycles. The van der Waals surface area contributed by atoms with Crippen LogP contribution in [0.5, 0.6) is 5.75 Å². The average Bonchev–Trinajstić information content (AvgIpc) is 3.10. The van der Waals surface area contributed by atoms with Gasteiger partial charge in [0.15, 0.2) is 5.78 Å². The summed E-state index contributed by atoms with van der Waals surface area (Å²) in [4.78, 5) is 13.2. The van der Waals surface area contributed by atoms with E-state index in [0.29, 0.717) is 12.3 Å². The van der Waals surface area contributed by atoms with Gasteiger partial charge in [-0.25, -0.2) is 0 Å². The lowest BCUT2D eigenvalue weighted by Crippen LogP contribution is -2.24. The minimum absolute atomic E-state index is 0.174. The molecule has 2 unspecified atom stereocenters. The third kappa shape index (κ3) is 10.4. The maximum Gasteiger partial charge on any atom is 0.416 e. The van der Waals surface area contributed by atoms with Gasteiger partial charge in [-0.15, -0.1) is 0 Å². The summed E-state index contributed by atoms with van der Waals surface area (Å²) in [5, 5.41) is 2.15. The lowest BCUT2D eigenvalue weighted by atomic mass is 9.81. The standard InChI is InChI=1S/C44H51F3O2/c45-44(46,47)40-24-17-33(18-25-40)13-14-34-19-26-41(27-20-34)49-42-28-23-37-30-39(22-21-38(37)31-42)43(48)12-6-11-32-7-4-5-10-36(16-15-32)29-35-8-2-1-3-9-35/h1-3,8-9,17-18,21-25,28,30-32,34,36,41H,4-7,10-16,19-20,26-27,29H2. The van der Waals surface area contributed by atoms with Gasteiger partial charge in [0.25, 0.3) is 0 Å². The van der Waals surface area contributed by atoms with Crippen LogP contribution in [0.15, 0.2) is 91.0 Å². The third-order valence-corrected chi connectivity index (χ3v) is 11.2. The third-order valence-electron chi connectivity index (χ3n) is 11.2. The summed E-state index contributed by atoms with van der Waals surface area (Å²) in [7, 11) is 0. The average molecular weight is 669 g/mol. The van der Waals surface area contributed by atoms with E-state index in [1.807, 2.05) is 18.2 Å². The molecule has 0 aromatic heterocycles. The Labute approximate surface area is 290 Å². The molecule has 2 atom stereocenters. The summed E-state index contributed by atoms with van der Waals surface area (Å²) >= 11 is 0. The van der Waals surface area contributed by atoms with Gasteiger partial charge in [0, 0.05) is 12.0 Å². The number of hydrogen-bond donors (Lipinski definition) is 0. The maximum atomic E-state index is 13.2. The number of alkyl halides is 3. The molecule has 0 radical (unpaired) electrons. The van der Waals surface area contributed by atoms with E-state index in [9.17, 15) is 18.0 Å². The monoisotopic (exact) mass is 668 g/mol. The van der Waals surface area contributed by atoms with Gasteiger partial charge in [-0.3, -0.25) is 4.79 Å². The number of Topliss-reactive ketones (excluding diaryl/α,β-unsaturated/α-hetero) is 1. The second-order valence-electron chi connectivity index (χ2n) is 14.8. The largest absolute Gasteiger partial charge is 0.490 e. The first-order valence-corrected chi connectivity index (χ1v) is 18.7. The zero-order valence-electron chi connectivity index (χ0n) is 28.7. The summed E-state index contributed by atoms with van der Waals surface area (Å²) in [5.41, 5.74) is 2.64. The molecule has 0 spiro atoms. The Morgan fingerprint density at radius 3 is 2.06 bits per heavy atom. The van der Waals surface area contributed by atoms with Crippen molar-refractivity contribution in [1.29, 1.82) is 0 Å². The number of benzene rings is 4. The number of carbonyl (C=O) groups excluding carboxylic acids is 1. The Hall–Kier alpha value is -3.60. The molecule has 2 saturated carbocycles. The van der Waals surface area contributed by atoms with Crippen LogP contribution in [0.3, 0.4) is 0 Å². The second kappa shape index (κ2) is 16.9. The van der Waals surface area contributed by atoms with Crippen molar-refractivity contribution >= 4 is 16.6 Å². The second-order valence-corrected chi connectivity index (χ2v) is 14.8. The molecule has 0 bridgehead atoms. The SMILES string of the molecule is O=C(CCCC1CCCCC(Cc2ccccc2)CC1)c1ccc2cc(OC3CCC(CCc4ccc(C(F)(F)F)cc4)CC3)ccc2c1. The predicted octanol–water partition coefficient (Wildman–Crippen LogP) is 12.6. The van der Waals surface area contributed by atoms with Crippen LogP contribution in [0.1, 0.15) is 117 Å². The number of aryl methyl sites for hydroxylation is 1. The van der Waals surface area contributed by atoms with Crippen molar-refractivity contribution in [3.63, 3.8) is 0 Å². The summed E-state index contributed by atoms with van der Waals surface area (Å²) in [5.74, 6) is 3.20. The van der Waals surface area contributed by atoms with E-state index in [0.717, 1.165) is 90.9 Å². The van der Waals surface area contributed by atoms with Crippen molar-refractivity contribution in [1.82, 2.24) is 0 Å². The molecule has 2 fully saturated rings. The molecule has 4 aromatic rings. The molecule has 49 heavy (non-hydrogen) atoms. The van der Waals surface area contributed by atoms with Crippen LogP contribution in [-0.2, 0) is 19.0 Å². The Morgan fingerprint density at radius 2 is 1.31 bits per heavy atom. The first-order chi connectivity index (χ1) is 23.8. The molecule has 5 heteroatoms. The van der Waals surface area contributed by atoms with Gasteiger partial charge in [-0.05, 0) is 128 Å². The minimum atomic E-state index is -4.29. The Bertz CT molecular complexity index is 1620. The zero-order chi connectivity index (χ0) is 34.1. The fourth-order valence-electron chi connectivity index (χ4n) is 8.19. The smallest absolute Gasteiger partial charge is 0.416 e. The van der Waals surface area contributed by atoms with Crippen LogP contribution in [0.4, 0.5) is 13.2 Å². The molecule has 2 aliphatic rings. The molecule has 2 aliphatic carbocycles. The lowest BCUT2D eigenvalue weighted by molar-refractivity contribution is -0.137. The van der Waals surface area contributed by atoms with Gasteiger partial charge < -0.3 is 4.74 Å². The molecule has 2 nitrogen and oxygen atoms in total. The van der Waals surface area contributed by atoms with Crippen molar-refractivity contribution in [2.75, 3.05) is 0 Å². The molecule has 6 rings (SSSR count). The quantitative estimate of drug-likeness (QED) is 0.140. The highest BCUT2D eigenvalue weighted by molar-refractivity contribution is 6.00. The van der Waals surface area contributed by atoms with E-state index in [2.05, 4.69) is 48.5 Å². The Morgan fingerprint density at radius 1 is 0.653 bits per heavy atom. The van der Waals surface area contributed by atoms with E-state index in [-0.39, 0.29) is 11.9 Å². The highest BCUT2D eigenvalue weighted by Gasteiger charge is 2.30. The number of fused-ring (bicyclic) bond motifs is 1. The van der Waals surface area contributed by atoms with E-state index < -0.39 is 11.7 Å². The van der Waals surface area contributed by atoms with E-state index >= 15 is 0 Å². The van der Waals surface area contributed by atoms with Gasteiger partial charge >= 0.3 is 6.18 Å². The van der Waals surface area contributed by atoms with Crippen molar-refractivity contribution in [2.45, 2.75) is 115 Å². The molecule has 0 N–H and O–H groups in total. The van der Waals surface area contributed by atoms with Crippen LogP contribution >= 0.6 is 0 Å². The molecule has 4 aromatic carbocycles. The van der Waals surface area contributed by atoms with Crippen LogP contribution in [0, 0.1) is 17.8 Å². The molecular formula is C44H51F3O2. The number of ether oxygens (including phenoxy) is 1. The number of carbonyl (C=O) groups is 1. The number of hydrogen-bond acceptors (Lipinski definition) is 2. The fraction of sp³-hybridized carbons (Fsp3) is 0.477. The molecule has 0 amide bonds. The number of rotatable bonds is 12. The van der Waals surface area contributed by atoms with Crippen molar-refractivity contribution in [3.8, 4) is 5.75 Å². The van der Waals surface area contributed by atoms with Crippen molar-refractivity contribution in [2.24, 2.45) is 17.8 Å². The van der Waals surface area contributed by atoms with Crippen molar-refractivity contribution < 1.29 is 22.7 Å². The first kappa shape index (κ1) is 35.2. The van der Waals surface area contributed by atoms with Crippen molar-refractivity contribution in [3.05, 3.63) is 113 Å². The fourth-order valence-corrected chi connectivity index (χ4v) is 8.19. The Balaban J connectivity index is 0.917. The van der Waals surface area contributed by atoms with E-state index in [1.54, 1.807) is 12.1 Å². The van der Waals surface area contributed by atoms with Gasteiger partial charge in [-0.2, -0.15) is 13.2 Å². The van der Waals surface area contributed by atoms with E-state index in [4.69, 9.17) is 4.74 Å². The van der Waals surface area contributed by atoms with Gasteiger partial charge in [0.1, 0.15) is 5.75 Å². The summed E-state index contributed by atoms with van der Waals surface area (Å²) in [6, 6.07) is 28.7. The first-order valence-electron chi connectivity index (χ1n) is 18.7. The molecule has 260 valence electrons. The van der Waals surface area contributed by atoms with Crippen LogP contribution in [0.25, 0.3) is 10.8 Å². The summed E-state index contributed by atoms with van der Waals surface area (Å²) in [6.07, 6.45) is 13.6. The molecular weight excluding hydrogens is 617 g/mol. The molecule has 0 saturated heterocycles. The van der Waals surface area contributed by atoms with Gasteiger partial charge in [0.2, 0.25) is 0 Å². The normalized spacial score (nSPS) is 21.9. The number of ketones is 1. The van der Waals surface area contributed by atoms with Gasteiger partial charge in [0.05, 0.1) is 11.7 Å². The summed E-state index contributed by atoms with van der Waals surface area (Å²) in [6.45, 7) is 0. The zero-order valence-corrected chi connectivity index (χ0v) is 28.7. The van der Waals surface area contributed by atoms with E-state index in [1.165, 1.54) is 62.6 Å². The van der Waals surface area contributed by atoms with Crippen LogP contribution < -0.4 is 4.74 Å². The minimum Gasteiger partial charge on any atom is -0.490 e. The van der Waals surface area contributed by atoms with Gasteiger partial charge in [-0.1, -0.05) is 99.2 Å². The Kier molecular flexibility index (Phi) is 12.1.